The number of alkyl halides is 4. The minimum atomic E-state index is -4.47. The molecule has 2 nitrogen and oxygen atoms in total. The van der Waals surface area contributed by atoms with Crippen LogP contribution in [0.3, 0.4) is 0 Å². The Bertz CT molecular complexity index is 327. The van der Waals surface area contributed by atoms with E-state index in [9.17, 15) is 13.2 Å². The zero-order valence-corrected chi connectivity index (χ0v) is 7.99. The van der Waals surface area contributed by atoms with Gasteiger partial charge in [0, 0.05) is 12.1 Å². The molecule has 0 bridgehead atoms. The van der Waals surface area contributed by atoms with E-state index in [0.29, 0.717) is 5.56 Å². The lowest BCUT2D eigenvalue weighted by Crippen LogP contribution is -2.09. The lowest BCUT2D eigenvalue weighted by Gasteiger charge is -2.11. The van der Waals surface area contributed by atoms with Crippen molar-refractivity contribution in [1.29, 1.82) is 0 Å². The van der Waals surface area contributed by atoms with Crippen molar-refractivity contribution in [3.8, 4) is 5.88 Å². The van der Waals surface area contributed by atoms with Crippen LogP contribution in [0.4, 0.5) is 13.2 Å². The van der Waals surface area contributed by atoms with Gasteiger partial charge in [-0.05, 0) is 11.6 Å². The Morgan fingerprint density at radius 2 is 2.14 bits per heavy atom. The lowest BCUT2D eigenvalue weighted by molar-refractivity contribution is -0.139. The Balaban J connectivity index is 3.22. The van der Waals surface area contributed by atoms with E-state index >= 15 is 0 Å². The monoisotopic (exact) mass is 225 g/mol. The molecule has 0 spiro atoms. The summed E-state index contributed by atoms with van der Waals surface area (Å²) in [7, 11) is 1.14. The van der Waals surface area contributed by atoms with Crippen molar-refractivity contribution in [2.45, 2.75) is 12.1 Å². The van der Waals surface area contributed by atoms with Crippen molar-refractivity contribution < 1.29 is 17.9 Å². The highest BCUT2D eigenvalue weighted by molar-refractivity contribution is 6.17. The molecule has 0 radical (unpaired) electrons. The fourth-order valence-electron chi connectivity index (χ4n) is 0.934. The van der Waals surface area contributed by atoms with Crippen LogP contribution in [-0.2, 0) is 12.1 Å². The summed E-state index contributed by atoms with van der Waals surface area (Å²) < 4.78 is 41.7. The first-order valence-electron chi connectivity index (χ1n) is 3.65. The summed E-state index contributed by atoms with van der Waals surface area (Å²) in [5.74, 6) is -0.452. The number of nitrogens with zero attached hydrogens (tertiary/aromatic N) is 1. The average Bonchev–Trinajstić information content (AvgIpc) is 2.15. The topological polar surface area (TPSA) is 22.1 Å². The van der Waals surface area contributed by atoms with Crippen LogP contribution in [0, 0.1) is 0 Å². The minimum Gasteiger partial charge on any atom is -0.481 e. The number of aromatic nitrogens is 1. The molecular weight excluding hydrogens is 219 g/mol. The van der Waals surface area contributed by atoms with E-state index in [1.807, 2.05) is 0 Å². The molecule has 1 rings (SSSR count). The van der Waals surface area contributed by atoms with E-state index in [4.69, 9.17) is 11.6 Å². The largest absolute Gasteiger partial charge is 0.481 e. The molecule has 14 heavy (non-hydrogen) atoms. The van der Waals surface area contributed by atoms with Crippen LogP contribution in [0.1, 0.15) is 11.1 Å². The Kier molecular flexibility index (Phi) is 3.21. The number of pyridine rings is 1. The highest BCUT2D eigenvalue weighted by Crippen LogP contribution is 2.35. The Labute approximate surface area is 83.7 Å². The van der Waals surface area contributed by atoms with Gasteiger partial charge in [0.05, 0.1) is 7.11 Å². The summed E-state index contributed by atoms with van der Waals surface area (Å²) in [5, 5.41) is 0. The molecule has 0 atom stereocenters. The van der Waals surface area contributed by atoms with E-state index in [0.717, 1.165) is 13.2 Å². The molecule has 0 amide bonds. The first-order chi connectivity index (χ1) is 6.49. The molecule has 0 fully saturated rings. The Morgan fingerprint density at radius 1 is 1.50 bits per heavy atom. The van der Waals surface area contributed by atoms with E-state index in [1.165, 1.54) is 6.20 Å². The summed E-state index contributed by atoms with van der Waals surface area (Å²) >= 11 is 5.40. The molecule has 0 saturated carbocycles. The maximum Gasteiger partial charge on any atom is 0.421 e. The van der Waals surface area contributed by atoms with Crippen molar-refractivity contribution in [2.75, 3.05) is 7.11 Å². The third kappa shape index (κ3) is 2.29. The predicted octanol–water partition coefficient (Wildman–Crippen LogP) is 2.85. The van der Waals surface area contributed by atoms with Crippen LogP contribution >= 0.6 is 11.6 Å². The van der Waals surface area contributed by atoms with Crippen molar-refractivity contribution in [2.24, 2.45) is 0 Å². The van der Waals surface area contributed by atoms with Crippen molar-refractivity contribution in [3.05, 3.63) is 23.4 Å². The zero-order chi connectivity index (χ0) is 10.8. The van der Waals surface area contributed by atoms with Crippen LogP contribution < -0.4 is 4.74 Å². The Hall–Kier alpha value is -0.970. The molecule has 0 aliphatic carbocycles. The van der Waals surface area contributed by atoms with E-state index < -0.39 is 17.6 Å². The average molecular weight is 226 g/mol. The summed E-state index contributed by atoms with van der Waals surface area (Å²) in [6, 6.07) is 0.929. The first-order valence-corrected chi connectivity index (χ1v) is 4.18. The van der Waals surface area contributed by atoms with Gasteiger partial charge in [0.2, 0.25) is 5.88 Å². The van der Waals surface area contributed by atoms with Gasteiger partial charge in [-0.15, -0.1) is 11.6 Å². The van der Waals surface area contributed by atoms with Crippen LogP contribution in [-0.4, -0.2) is 12.1 Å². The summed E-state index contributed by atoms with van der Waals surface area (Å²) in [4.78, 5) is 3.51. The van der Waals surface area contributed by atoms with E-state index in [1.54, 1.807) is 0 Å². The number of hydrogen-bond acceptors (Lipinski definition) is 2. The van der Waals surface area contributed by atoms with Gasteiger partial charge in [0.15, 0.2) is 0 Å². The predicted molar refractivity (Wildman–Crippen MR) is 45.3 cm³/mol. The van der Waals surface area contributed by atoms with Crippen molar-refractivity contribution >= 4 is 11.6 Å². The van der Waals surface area contributed by atoms with E-state index in [2.05, 4.69) is 9.72 Å². The summed E-state index contributed by atoms with van der Waals surface area (Å²) in [5.41, 5.74) is -0.599. The highest BCUT2D eigenvalue weighted by Gasteiger charge is 2.35. The van der Waals surface area contributed by atoms with Gasteiger partial charge in [-0.25, -0.2) is 4.98 Å². The molecule has 1 heterocycles. The minimum absolute atomic E-state index is 0.0138. The number of methoxy groups -OCH3 is 1. The second kappa shape index (κ2) is 4.04. The SMILES string of the molecule is COc1ncc(CCl)cc1C(F)(F)F. The van der Waals surface area contributed by atoms with Crippen LogP contribution in [0.5, 0.6) is 5.88 Å². The number of halogens is 4. The second-order valence-corrected chi connectivity index (χ2v) is 2.80. The number of hydrogen-bond donors (Lipinski definition) is 0. The summed E-state index contributed by atoms with van der Waals surface area (Å²) in [6.45, 7) is 0. The molecule has 0 aromatic carbocycles. The van der Waals surface area contributed by atoms with Gasteiger partial charge < -0.3 is 4.74 Å². The standard InChI is InChI=1S/C8H7ClF3NO/c1-14-7-6(8(10,11)12)2-5(3-9)4-13-7/h2,4H,3H2,1H3. The van der Waals surface area contributed by atoms with Crippen molar-refractivity contribution in [3.63, 3.8) is 0 Å². The van der Waals surface area contributed by atoms with Gasteiger partial charge in [-0.3, -0.25) is 0 Å². The molecule has 0 saturated heterocycles. The Morgan fingerprint density at radius 3 is 2.57 bits per heavy atom. The third-order valence-corrected chi connectivity index (χ3v) is 1.87. The first kappa shape index (κ1) is 11.1. The van der Waals surface area contributed by atoms with Gasteiger partial charge in [0.1, 0.15) is 5.56 Å². The molecule has 78 valence electrons. The fourth-order valence-corrected chi connectivity index (χ4v) is 1.08. The van der Waals surface area contributed by atoms with Crippen LogP contribution in [0.2, 0.25) is 0 Å². The number of ether oxygens (including phenoxy) is 1. The van der Waals surface area contributed by atoms with Gasteiger partial charge in [-0.1, -0.05) is 0 Å². The summed E-state index contributed by atoms with van der Waals surface area (Å²) in [6.07, 6.45) is -3.22. The quantitative estimate of drug-likeness (QED) is 0.722. The van der Waals surface area contributed by atoms with E-state index in [-0.39, 0.29) is 5.88 Å². The highest BCUT2D eigenvalue weighted by atomic mass is 35.5. The molecule has 0 N–H and O–H groups in total. The van der Waals surface area contributed by atoms with Gasteiger partial charge >= 0.3 is 6.18 Å². The van der Waals surface area contributed by atoms with Crippen molar-refractivity contribution in [1.82, 2.24) is 4.98 Å². The normalized spacial score (nSPS) is 11.5. The van der Waals surface area contributed by atoms with Crippen LogP contribution in [0.15, 0.2) is 12.3 Å². The third-order valence-electron chi connectivity index (χ3n) is 1.56. The second-order valence-electron chi connectivity index (χ2n) is 2.53. The fraction of sp³-hybridized carbons (Fsp3) is 0.375. The molecule has 6 heteroatoms. The molecule has 1 aromatic heterocycles. The smallest absolute Gasteiger partial charge is 0.421 e. The molecule has 0 aliphatic heterocycles. The molecule has 1 aromatic rings. The molecule has 0 unspecified atom stereocenters. The zero-order valence-electron chi connectivity index (χ0n) is 7.23. The molecule has 0 aliphatic rings. The maximum atomic E-state index is 12.4. The maximum absolute atomic E-state index is 12.4. The van der Waals surface area contributed by atoms with Crippen LogP contribution in [0.25, 0.3) is 0 Å². The number of rotatable bonds is 2. The van der Waals surface area contributed by atoms with Gasteiger partial charge in [0.25, 0.3) is 0 Å². The van der Waals surface area contributed by atoms with Gasteiger partial charge in [-0.2, -0.15) is 13.2 Å². The lowest BCUT2D eigenvalue weighted by atomic mass is 10.2. The molecular formula is C8H7ClF3NO.